The van der Waals surface area contributed by atoms with E-state index in [1.165, 1.54) is 12.1 Å². The molecule has 3 aliphatic rings. The molecule has 0 bridgehead atoms. The zero-order chi connectivity index (χ0) is 32.7. The van der Waals surface area contributed by atoms with Gasteiger partial charge in [0.2, 0.25) is 5.78 Å². The van der Waals surface area contributed by atoms with Crippen LogP contribution >= 0.6 is 0 Å². The number of primary amides is 1. The number of benzene rings is 2. The number of hydrogen-bond donors (Lipinski definition) is 5. The number of hydrogen-bond acceptors (Lipinski definition) is 7. The highest BCUT2D eigenvalue weighted by Gasteiger charge is 2.61. The lowest BCUT2D eigenvalue weighted by molar-refractivity contribution is -0.148. The minimum absolute atomic E-state index is 0.0308. The van der Waals surface area contributed by atoms with Gasteiger partial charge in [0.05, 0.1) is 16.7 Å². The van der Waals surface area contributed by atoms with Crippen molar-refractivity contribution in [3.63, 3.8) is 0 Å². The van der Waals surface area contributed by atoms with Crippen molar-refractivity contribution in [3.05, 3.63) is 80.6 Å². The number of amides is 1. The van der Waals surface area contributed by atoms with E-state index in [1.807, 2.05) is 0 Å². The lowest BCUT2D eigenvalue weighted by Crippen LogP contribution is -2.58. The van der Waals surface area contributed by atoms with E-state index in [1.54, 1.807) is 6.92 Å². The van der Waals surface area contributed by atoms with E-state index in [-0.39, 0.29) is 23.6 Å². The fraction of sp³-hybridized carbons (Fsp3) is 0.300. The molecule has 0 aliphatic heterocycles. The van der Waals surface area contributed by atoms with E-state index in [4.69, 9.17) is 5.73 Å². The Morgan fingerprint density at radius 2 is 1.57 bits per heavy atom. The maximum absolute atomic E-state index is 13.7. The number of carbonyl (C=O) groups is 3. The summed E-state index contributed by atoms with van der Waals surface area (Å²) >= 11 is 0. The van der Waals surface area contributed by atoms with E-state index in [0.29, 0.717) is 17.7 Å². The number of alkyl halides is 6. The average molecular weight is 624 g/mol. The first-order valence-electron chi connectivity index (χ1n) is 13.1. The van der Waals surface area contributed by atoms with Crippen LogP contribution in [0, 0.1) is 11.8 Å². The molecule has 232 valence electrons. The number of aliphatic hydroxyl groups excluding tert-OH is 2. The molecule has 3 aliphatic carbocycles. The standard InChI is InChI=1S/C30H23F6NO7/c1-11-17-5-4-13(3-2-12-6-15(29(31,32)33)8-16(7-12)30(34,35)36)23(39)20(17)24(40)21-18(11)9-14-10-19(38)22(27(37)43)26(42)28(14,44)25(21)41/h2-8,11,14,18,39-40,42,44H,9-10H2,1H3,(H2,37,43)/b3-2+/t11-,14-,18?,28-/m0/s1. The molecular formula is C30H23F6NO7. The lowest BCUT2D eigenvalue weighted by atomic mass is 9.57. The van der Waals surface area contributed by atoms with Crippen molar-refractivity contribution in [2.75, 3.05) is 0 Å². The first-order chi connectivity index (χ1) is 20.3. The highest BCUT2D eigenvalue weighted by Crippen LogP contribution is 2.55. The van der Waals surface area contributed by atoms with Crippen molar-refractivity contribution in [2.45, 2.75) is 43.6 Å². The molecule has 8 nitrogen and oxygen atoms in total. The molecule has 5 rings (SSSR count). The molecule has 0 radical (unpaired) electrons. The van der Waals surface area contributed by atoms with Crippen LogP contribution in [-0.2, 0) is 26.7 Å². The smallest absolute Gasteiger partial charge is 0.416 e. The molecule has 1 fully saturated rings. The Balaban J connectivity index is 1.61. The summed E-state index contributed by atoms with van der Waals surface area (Å²) in [6.07, 6.45) is -8.82. The van der Waals surface area contributed by atoms with Crippen LogP contribution in [-0.4, -0.2) is 43.5 Å². The Morgan fingerprint density at radius 3 is 2.11 bits per heavy atom. The van der Waals surface area contributed by atoms with Crippen molar-refractivity contribution < 1.29 is 61.2 Å². The van der Waals surface area contributed by atoms with Crippen molar-refractivity contribution in [1.82, 2.24) is 0 Å². The lowest BCUT2D eigenvalue weighted by Gasteiger charge is -2.47. The largest absolute Gasteiger partial charge is 0.508 e. The summed E-state index contributed by atoms with van der Waals surface area (Å²) in [5.74, 6) is -8.75. The number of fused-ring (bicyclic) bond motifs is 3. The van der Waals surface area contributed by atoms with Crippen molar-refractivity contribution in [1.29, 1.82) is 0 Å². The number of rotatable bonds is 3. The normalized spacial score (nSPS) is 25.7. The summed E-state index contributed by atoms with van der Waals surface area (Å²) in [6, 6.07) is 3.70. The van der Waals surface area contributed by atoms with Gasteiger partial charge in [-0.05, 0) is 47.6 Å². The summed E-state index contributed by atoms with van der Waals surface area (Å²) in [4.78, 5) is 38.0. The summed E-state index contributed by atoms with van der Waals surface area (Å²) in [5.41, 5.74) is -2.64. The van der Waals surface area contributed by atoms with Crippen LogP contribution < -0.4 is 5.73 Å². The van der Waals surface area contributed by atoms with E-state index in [9.17, 15) is 61.2 Å². The van der Waals surface area contributed by atoms with Gasteiger partial charge in [-0.15, -0.1) is 0 Å². The Labute approximate surface area is 244 Å². The Bertz CT molecular complexity index is 1700. The van der Waals surface area contributed by atoms with Gasteiger partial charge in [-0.2, -0.15) is 26.3 Å². The number of phenols is 1. The molecule has 2 aromatic carbocycles. The van der Waals surface area contributed by atoms with Gasteiger partial charge < -0.3 is 26.2 Å². The summed E-state index contributed by atoms with van der Waals surface area (Å²) in [5, 5.41) is 44.4. The molecule has 14 heteroatoms. The number of aromatic hydroxyl groups is 1. The first-order valence-corrected chi connectivity index (χ1v) is 13.1. The van der Waals surface area contributed by atoms with Crippen LogP contribution in [0.3, 0.4) is 0 Å². The molecule has 1 saturated carbocycles. The minimum Gasteiger partial charge on any atom is -0.508 e. The second kappa shape index (κ2) is 9.97. The van der Waals surface area contributed by atoms with Gasteiger partial charge >= 0.3 is 12.4 Å². The Hall–Kier alpha value is -4.59. The Morgan fingerprint density at radius 1 is 0.977 bits per heavy atom. The molecular weight excluding hydrogens is 600 g/mol. The SMILES string of the molecule is C[C@H]1c2ccc(/C=C/c3cc(C(F)(F)F)cc(C(F)(F)F)c3)c(O)c2C(O)=C2C(=O)[C@]3(O)C(O)=C(C(N)=O)C(=O)C[C@@H]3CC21. The summed E-state index contributed by atoms with van der Waals surface area (Å²) < 4.78 is 79.6. The highest BCUT2D eigenvalue weighted by atomic mass is 19.4. The quantitative estimate of drug-likeness (QED) is 0.179. The number of halogens is 6. The van der Waals surface area contributed by atoms with Crippen molar-refractivity contribution in [3.8, 4) is 5.75 Å². The predicted octanol–water partition coefficient (Wildman–Crippen LogP) is 5.19. The van der Waals surface area contributed by atoms with Gasteiger partial charge in [0.25, 0.3) is 5.91 Å². The number of aliphatic hydroxyl groups is 3. The second-order valence-corrected chi connectivity index (χ2v) is 11.0. The molecule has 0 aromatic heterocycles. The maximum atomic E-state index is 13.7. The van der Waals surface area contributed by atoms with Crippen LogP contribution in [0.2, 0.25) is 0 Å². The van der Waals surface area contributed by atoms with Crippen LogP contribution in [0.1, 0.15) is 59.1 Å². The van der Waals surface area contributed by atoms with Crippen molar-refractivity contribution >= 4 is 35.4 Å². The van der Waals surface area contributed by atoms with Crippen LogP contribution in [0.4, 0.5) is 26.3 Å². The van der Waals surface area contributed by atoms with Crippen LogP contribution in [0.15, 0.2) is 47.2 Å². The fourth-order valence-corrected chi connectivity index (χ4v) is 6.32. The average Bonchev–Trinajstić information content (AvgIpc) is 2.91. The predicted molar refractivity (Wildman–Crippen MR) is 141 cm³/mol. The monoisotopic (exact) mass is 623 g/mol. The number of ketones is 2. The van der Waals surface area contributed by atoms with Gasteiger partial charge in [0, 0.05) is 23.5 Å². The van der Waals surface area contributed by atoms with E-state index < -0.39 is 105 Å². The third-order valence-corrected chi connectivity index (χ3v) is 8.54. The zero-order valence-electron chi connectivity index (χ0n) is 22.5. The van der Waals surface area contributed by atoms with Crippen LogP contribution in [0.25, 0.3) is 17.9 Å². The molecule has 1 unspecified atom stereocenters. The number of Topliss-reactive ketones (excluding diaryl/α,β-unsaturated/α-hetero) is 2. The second-order valence-electron chi connectivity index (χ2n) is 11.0. The highest BCUT2D eigenvalue weighted by molar-refractivity contribution is 6.22. The third kappa shape index (κ3) is 4.64. The zero-order valence-corrected chi connectivity index (χ0v) is 22.5. The van der Waals surface area contributed by atoms with Gasteiger partial charge in [0.15, 0.2) is 11.4 Å². The van der Waals surface area contributed by atoms with Crippen molar-refractivity contribution in [2.24, 2.45) is 17.6 Å². The molecule has 2 aromatic rings. The molecule has 6 N–H and O–H groups in total. The van der Waals surface area contributed by atoms with E-state index in [0.717, 1.165) is 12.2 Å². The van der Waals surface area contributed by atoms with Gasteiger partial charge in [-0.3, -0.25) is 14.4 Å². The molecule has 0 spiro atoms. The molecule has 1 amide bonds. The van der Waals surface area contributed by atoms with Crippen LogP contribution in [0.5, 0.6) is 5.75 Å². The number of phenolic OH excluding ortho intramolecular Hbond substituents is 1. The van der Waals surface area contributed by atoms with Gasteiger partial charge in [-0.1, -0.05) is 31.2 Å². The summed E-state index contributed by atoms with van der Waals surface area (Å²) in [6.45, 7) is 1.64. The number of carbonyl (C=O) groups excluding carboxylic acids is 3. The van der Waals surface area contributed by atoms with Gasteiger partial charge in [-0.25, -0.2) is 0 Å². The Kier molecular flexibility index (Phi) is 6.99. The maximum Gasteiger partial charge on any atom is 0.416 e. The van der Waals surface area contributed by atoms with E-state index in [2.05, 4.69) is 0 Å². The topological polar surface area (TPSA) is 158 Å². The van der Waals surface area contributed by atoms with Gasteiger partial charge in [0.1, 0.15) is 22.8 Å². The summed E-state index contributed by atoms with van der Waals surface area (Å²) in [7, 11) is 0. The van der Waals surface area contributed by atoms with E-state index >= 15 is 0 Å². The minimum atomic E-state index is -5.08. The molecule has 44 heavy (non-hydrogen) atoms. The first kappa shape index (κ1) is 30.9. The third-order valence-electron chi connectivity index (χ3n) is 8.54. The fourth-order valence-electron chi connectivity index (χ4n) is 6.32. The number of nitrogens with two attached hydrogens (primary N) is 1. The molecule has 4 atom stereocenters. The molecule has 0 saturated heterocycles. The molecule has 0 heterocycles.